The molecule has 0 aromatic heterocycles. The molecule has 0 saturated heterocycles. The number of allylic oxidation sites excluding steroid dienone is 5. The van der Waals surface area contributed by atoms with Crippen molar-refractivity contribution < 1.29 is 9.90 Å². The highest BCUT2D eigenvalue weighted by atomic mass is 16.4. The molecule has 1 unspecified atom stereocenters. The molecular weight excluding hydrogens is 176 g/mol. The van der Waals surface area contributed by atoms with Crippen LogP contribution in [0.1, 0.15) is 20.3 Å². The first kappa shape index (κ1) is 10.8. The molecule has 2 nitrogen and oxygen atoms in total. The van der Waals surface area contributed by atoms with Crippen molar-refractivity contribution in [1.29, 1.82) is 0 Å². The predicted molar refractivity (Wildman–Crippen MR) is 56.9 cm³/mol. The van der Waals surface area contributed by atoms with Crippen LogP contribution in [-0.2, 0) is 4.79 Å². The van der Waals surface area contributed by atoms with Crippen LogP contribution in [0, 0.1) is 11.8 Å². The lowest BCUT2D eigenvalue weighted by Crippen LogP contribution is -2.01. The van der Waals surface area contributed by atoms with Crippen LogP contribution in [0.25, 0.3) is 0 Å². The van der Waals surface area contributed by atoms with Gasteiger partial charge in [-0.05, 0) is 23.8 Å². The Balaban J connectivity index is 2.52. The van der Waals surface area contributed by atoms with E-state index in [2.05, 4.69) is 32.1 Å². The van der Waals surface area contributed by atoms with Crippen molar-refractivity contribution >= 4 is 5.97 Å². The Morgan fingerprint density at radius 1 is 1.64 bits per heavy atom. The highest BCUT2D eigenvalue weighted by molar-refractivity contribution is 5.79. The lowest BCUT2D eigenvalue weighted by Gasteiger charge is -2.14. The van der Waals surface area contributed by atoms with Crippen LogP contribution >= 0.6 is 0 Å². The van der Waals surface area contributed by atoms with Crippen LogP contribution < -0.4 is 0 Å². The van der Waals surface area contributed by atoms with E-state index in [0.717, 1.165) is 6.42 Å². The summed E-state index contributed by atoms with van der Waals surface area (Å²) in [5.74, 6) is -0.0821. The van der Waals surface area contributed by atoms with Gasteiger partial charge in [-0.25, -0.2) is 4.79 Å². The Morgan fingerprint density at radius 3 is 2.79 bits per heavy atom. The maximum absolute atomic E-state index is 10.3. The topological polar surface area (TPSA) is 37.3 Å². The molecule has 0 radical (unpaired) electrons. The fourth-order valence-electron chi connectivity index (χ4n) is 1.43. The van der Waals surface area contributed by atoms with E-state index >= 15 is 0 Å². The Labute approximate surface area is 84.6 Å². The molecule has 0 amide bonds. The number of carboxylic acid groups (broad SMARTS) is 1. The van der Waals surface area contributed by atoms with Gasteiger partial charge in [0, 0.05) is 6.08 Å². The molecule has 14 heavy (non-hydrogen) atoms. The number of rotatable bonds is 3. The molecule has 0 aromatic carbocycles. The zero-order valence-electron chi connectivity index (χ0n) is 8.60. The third kappa shape index (κ3) is 3.21. The molecule has 0 aromatic rings. The van der Waals surface area contributed by atoms with Gasteiger partial charge >= 0.3 is 5.97 Å². The van der Waals surface area contributed by atoms with E-state index in [4.69, 9.17) is 5.11 Å². The largest absolute Gasteiger partial charge is 0.478 e. The summed E-state index contributed by atoms with van der Waals surface area (Å²) >= 11 is 0. The molecular formula is C12H16O2. The summed E-state index contributed by atoms with van der Waals surface area (Å²) in [5.41, 5.74) is 1.34. The molecule has 76 valence electrons. The van der Waals surface area contributed by atoms with Gasteiger partial charge in [-0.15, -0.1) is 0 Å². The first-order chi connectivity index (χ1) is 6.59. The third-order valence-electron chi connectivity index (χ3n) is 2.31. The van der Waals surface area contributed by atoms with Crippen LogP contribution in [0.2, 0.25) is 0 Å². The van der Waals surface area contributed by atoms with Crippen LogP contribution in [0.15, 0.2) is 36.0 Å². The van der Waals surface area contributed by atoms with Gasteiger partial charge in [0.1, 0.15) is 0 Å². The van der Waals surface area contributed by atoms with E-state index in [1.54, 1.807) is 6.08 Å². The summed E-state index contributed by atoms with van der Waals surface area (Å²) in [4.78, 5) is 10.3. The maximum Gasteiger partial charge on any atom is 0.327 e. The number of aliphatic carboxylic acids is 1. The smallest absolute Gasteiger partial charge is 0.327 e. The second kappa shape index (κ2) is 4.80. The summed E-state index contributed by atoms with van der Waals surface area (Å²) in [5, 5.41) is 8.46. The highest BCUT2D eigenvalue weighted by Crippen LogP contribution is 2.22. The van der Waals surface area contributed by atoms with E-state index in [1.807, 2.05) is 0 Å². The Morgan fingerprint density at radius 2 is 2.36 bits per heavy atom. The van der Waals surface area contributed by atoms with Crippen molar-refractivity contribution in [2.75, 3.05) is 0 Å². The minimum atomic E-state index is -0.878. The fraction of sp³-hybridized carbons (Fsp3) is 0.417. The molecule has 1 N–H and O–H groups in total. The minimum absolute atomic E-state index is 0.244. The first-order valence-electron chi connectivity index (χ1n) is 4.89. The third-order valence-corrected chi connectivity index (χ3v) is 2.31. The first-order valence-corrected chi connectivity index (χ1v) is 4.89. The standard InChI is InChI=1S/C12H16O2/c1-9(2)11-6-3-10(4-7-11)5-8-12(13)14/h3,5-10H,4H2,1-2H3,(H,13,14). The van der Waals surface area contributed by atoms with E-state index < -0.39 is 5.97 Å². The predicted octanol–water partition coefficient (Wildman–Crippen LogP) is 2.79. The quantitative estimate of drug-likeness (QED) is 0.698. The van der Waals surface area contributed by atoms with E-state index in [-0.39, 0.29) is 5.92 Å². The molecule has 0 aliphatic heterocycles. The Kier molecular flexibility index (Phi) is 3.69. The Hall–Kier alpha value is -1.31. The highest BCUT2D eigenvalue weighted by Gasteiger charge is 2.07. The normalized spacial score (nSPS) is 21.6. The van der Waals surface area contributed by atoms with Crippen molar-refractivity contribution in [1.82, 2.24) is 0 Å². The van der Waals surface area contributed by atoms with E-state index in [9.17, 15) is 4.79 Å². The summed E-state index contributed by atoms with van der Waals surface area (Å²) < 4.78 is 0. The van der Waals surface area contributed by atoms with Crippen molar-refractivity contribution in [3.05, 3.63) is 36.0 Å². The molecule has 1 aliphatic carbocycles. The number of carboxylic acids is 1. The van der Waals surface area contributed by atoms with E-state index in [1.165, 1.54) is 11.6 Å². The van der Waals surface area contributed by atoms with Crippen molar-refractivity contribution in [3.8, 4) is 0 Å². The van der Waals surface area contributed by atoms with Gasteiger partial charge < -0.3 is 5.11 Å². The van der Waals surface area contributed by atoms with Crippen LogP contribution in [0.3, 0.4) is 0 Å². The summed E-state index contributed by atoms with van der Waals surface area (Å²) in [6, 6.07) is 0. The lowest BCUT2D eigenvalue weighted by atomic mass is 9.91. The van der Waals surface area contributed by atoms with Crippen LogP contribution in [0.5, 0.6) is 0 Å². The molecule has 0 spiro atoms. The molecule has 1 aliphatic rings. The summed E-state index contributed by atoms with van der Waals surface area (Å²) in [6.45, 7) is 4.31. The average Bonchev–Trinajstić information content (AvgIpc) is 2.15. The minimum Gasteiger partial charge on any atom is -0.478 e. The number of hydrogen-bond acceptors (Lipinski definition) is 1. The monoisotopic (exact) mass is 192 g/mol. The molecule has 1 atom stereocenters. The summed E-state index contributed by atoms with van der Waals surface area (Å²) in [7, 11) is 0. The zero-order valence-corrected chi connectivity index (χ0v) is 8.60. The van der Waals surface area contributed by atoms with Gasteiger partial charge in [0.25, 0.3) is 0 Å². The van der Waals surface area contributed by atoms with Gasteiger partial charge in [-0.1, -0.05) is 38.2 Å². The number of carbonyl (C=O) groups is 1. The lowest BCUT2D eigenvalue weighted by molar-refractivity contribution is -0.131. The molecule has 0 fully saturated rings. The van der Waals surface area contributed by atoms with E-state index in [0.29, 0.717) is 5.92 Å². The van der Waals surface area contributed by atoms with Gasteiger partial charge in [0.05, 0.1) is 0 Å². The molecule has 0 heterocycles. The van der Waals surface area contributed by atoms with Crippen molar-refractivity contribution in [3.63, 3.8) is 0 Å². The van der Waals surface area contributed by atoms with Crippen LogP contribution in [0.4, 0.5) is 0 Å². The number of hydrogen-bond donors (Lipinski definition) is 1. The molecule has 0 saturated carbocycles. The molecule has 1 rings (SSSR count). The molecule has 0 bridgehead atoms. The maximum atomic E-state index is 10.3. The Bertz CT molecular complexity index is 295. The zero-order chi connectivity index (χ0) is 10.6. The fourth-order valence-corrected chi connectivity index (χ4v) is 1.43. The van der Waals surface area contributed by atoms with Crippen molar-refractivity contribution in [2.45, 2.75) is 20.3 Å². The van der Waals surface area contributed by atoms with Gasteiger partial charge in [-0.3, -0.25) is 0 Å². The van der Waals surface area contributed by atoms with Crippen LogP contribution in [-0.4, -0.2) is 11.1 Å². The second-order valence-electron chi connectivity index (χ2n) is 3.81. The van der Waals surface area contributed by atoms with Crippen molar-refractivity contribution in [2.24, 2.45) is 11.8 Å². The van der Waals surface area contributed by atoms with Gasteiger partial charge in [-0.2, -0.15) is 0 Å². The van der Waals surface area contributed by atoms with Gasteiger partial charge in [0.2, 0.25) is 0 Å². The second-order valence-corrected chi connectivity index (χ2v) is 3.81. The SMILES string of the molecule is CC(C)C1=CCC(C=CC(=O)O)C=C1. The summed E-state index contributed by atoms with van der Waals surface area (Å²) in [6.07, 6.45) is 10.2. The molecule has 2 heteroatoms. The van der Waals surface area contributed by atoms with Gasteiger partial charge in [0.15, 0.2) is 0 Å². The average molecular weight is 192 g/mol.